The zero-order valence-corrected chi connectivity index (χ0v) is 22.3. The number of carbonyl (C=O) groups is 4. The zero-order valence-electron chi connectivity index (χ0n) is 22.3. The van der Waals surface area contributed by atoms with Crippen molar-refractivity contribution in [3.8, 4) is 5.75 Å². The summed E-state index contributed by atoms with van der Waals surface area (Å²) in [6.45, 7) is 0.189. The van der Waals surface area contributed by atoms with Crippen molar-refractivity contribution in [3.63, 3.8) is 0 Å². The van der Waals surface area contributed by atoms with Crippen LogP contribution in [-0.4, -0.2) is 91.0 Å². The third-order valence-corrected chi connectivity index (χ3v) is 8.00. The number of primary amides is 1. The Kier molecular flexibility index (Phi) is 6.93. The van der Waals surface area contributed by atoms with E-state index in [1.165, 1.54) is 25.1 Å². The number of likely N-dealkylation sites (N-methyl/N-ethyl adjacent to an activating group) is 1. The van der Waals surface area contributed by atoms with Crippen LogP contribution in [0.25, 0.3) is 5.76 Å². The fourth-order valence-corrected chi connectivity index (χ4v) is 6.20. The highest BCUT2D eigenvalue weighted by atomic mass is 16.3. The first-order valence-electron chi connectivity index (χ1n) is 12.9. The maximum absolute atomic E-state index is 13.9. The fraction of sp³-hybridized carbons (Fsp3) is 0.370. The maximum atomic E-state index is 13.9. The molecule has 14 nitrogen and oxygen atoms in total. The van der Waals surface area contributed by atoms with Crippen LogP contribution in [0, 0.1) is 11.8 Å². The van der Waals surface area contributed by atoms with Gasteiger partial charge >= 0.3 is 0 Å². The van der Waals surface area contributed by atoms with Crippen LogP contribution >= 0.6 is 0 Å². The number of hydrogen-bond donors (Lipinski definition) is 8. The zero-order chi connectivity index (χ0) is 29.8. The van der Waals surface area contributed by atoms with Gasteiger partial charge in [0.25, 0.3) is 5.91 Å². The van der Waals surface area contributed by atoms with Crippen molar-refractivity contribution in [2.45, 2.75) is 31.0 Å². The van der Waals surface area contributed by atoms with Gasteiger partial charge in [0.2, 0.25) is 11.7 Å². The number of nitrogens with two attached hydrogens (primary N) is 1. The molecule has 1 fully saturated rings. The quantitative estimate of drug-likeness (QED) is 0.156. The van der Waals surface area contributed by atoms with Crippen LogP contribution in [0.5, 0.6) is 5.75 Å². The highest BCUT2D eigenvalue weighted by molar-refractivity contribution is 6.24. The predicted molar refractivity (Wildman–Crippen MR) is 143 cm³/mol. The molecule has 1 aromatic carbocycles. The summed E-state index contributed by atoms with van der Waals surface area (Å²) in [4.78, 5) is 59.9. The van der Waals surface area contributed by atoms with E-state index in [4.69, 9.17) is 5.73 Å². The van der Waals surface area contributed by atoms with E-state index in [0.717, 1.165) is 0 Å². The van der Waals surface area contributed by atoms with Crippen LogP contribution in [0.15, 0.2) is 41.4 Å². The first-order chi connectivity index (χ1) is 19.4. The Morgan fingerprint density at radius 2 is 1.95 bits per heavy atom. The lowest BCUT2D eigenvalue weighted by atomic mass is 9.57. The monoisotopic (exact) mass is 566 g/mol. The fourth-order valence-electron chi connectivity index (χ4n) is 6.20. The number of phenols is 1. The van der Waals surface area contributed by atoms with E-state index in [-0.39, 0.29) is 36.2 Å². The molecule has 0 aliphatic heterocycles. The molecule has 1 saturated carbocycles. The molecule has 216 valence electrons. The molecule has 2 amide bonds. The molecule has 1 aromatic heterocycles. The lowest BCUT2D eigenvalue weighted by Gasteiger charge is -2.50. The number of H-pyrrole nitrogens is 1. The molecule has 0 saturated heterocycles. The van der Waals surface area contributed by atoms with Gasteiger partial charge in [-0.1, -0.05) is 6.07 Å². The minimum absolute atomic E-state index is 0.00759. The van der Waals surface area contributed by atoms with Gasteiger partial charge in [0.15, 0.2) is 11.4 Å². The van der Waals surface area contributed by atoms with Gasteiger partial charge < -0.3 is 41.8 Å². The number of hydrogen-bond acceptors (Lipinski definition) is 11. The molecule has 0 radical (unpaired) electrons. The van der Waals surface area contributed by atoms with Gasteiger partial charge in [-0.2, -0.15) is 0 Å². The van der Waals surface area contributed by atoms with E-state index in [1.807, 2.05) is 0 Å². The van der Waals surface area contributed by atoms with E-state index >= 15 is 0 Å². The van der Waals surface area contributed by atoms with Gasteiger partial charge in [-0.15, -0.1) is 0 Å². The van der Waals surface area contributed by atoms with E-state index in [9.17, 15) is 39.6 Å². The summed E-state index contributed by atoms with van der Waals surface area (Å²) in [5.41, 5.74) is 1.82. The Balaban J connectivity index is 1.49. The number of aliphatic hydroxyl groups is 3. The summed E-state index contributed by atoms with van der Waals surface area (Å²) in [6, 6.07) is 1.91. The number of aliphatic hydroxyl groups excluding tert-OH is 2. The number of aromatic amines is 1. The largest absolute Gasteiger partial charge is 0.508 e. The third kappa shape index (κ3) is 4.36. The molecule has 0 spiro atoms. The van der Waals surface area contributed by atoms with Crippen molar-refractivity contribution in [2.24, 2.45) is 17.6 Å². The standard InChI is InChI=1S/C27H30N6O8/c1-33(2)20-13-8-12-7-11-3-4-14(32-16(34)10-29-9-15-30-5-6-31-15)21(35)17(11)22(36)18(12)24(38)27(13,41)25(39)19(23(20)37)26(28)40/h3-6,12-13,20,29,35-36,39,41H,7-10H2,1-2H3,(H2,28,40)(H,30,31)(H,32,34)/t12?,13?,20-,27?/m0/s1. The highest BCUT2D eigenvalue weighted by Crippen LogP contribution is 2.53. The van der Waals surface area contributed by atoms with E-state index in [2.05, 4.69) is 20.6 Å². The van der Waals surface area contributed by atoms with Crippen molar-refractivity contribution in [2.75, 3.05) is 26.0 Å². The number of aromatic hydroxyl groups is 1. The number of fused-ring (bicyclic) bond motifs is 3. The number of nitrogens with zero attached hydrogens (tertiary/aromatic N) is 2. The van der Waals surface area contributed by atoms with Gasteiger partial charge in [-0.05, 0) is 44.5 Å². The van der Waals surface area contributed by atoms with Crippen LogP contribution in [0.2, 0.25) is 0 Å². The summed E-state index contributed by atoms with van der Waals surface area (Å²) < 4.78 is 0. The lowest BCUT2D eigenvalue weighted by Crippen LogP contribution is -2.65. The minimum Gasteiger partial charge on any atom is -0.508 e. The van der Waals surface area contributed by atoms with Gasteiger partial charge in [-0.3, -0.25) is 24.1 Å². The molecule has 3 aliphatic carbocycles. The number of Topliss-reactive ketones (excluding diaryl/α,β-unsaturated/α-hetero) is 2. The van der Waals surface area contributed by atoms with Gasteiger partial charge in [0.05, 0.1) is 30.4 Å². The van der Waals surface area contributed by atoms with E-state index in [1.54, 1.807) is 18.5 Å². The first-order valence-corrected chi connectivity index (χ1v) is 12.9. The van der Waals surface area contributed by atoms with Crippen LogP contribution in [0.4, 0.5) is 5.69 Å². The second-order valence-electron chi connectivity index (χ2n) is 10.6. The number of aromatic nitrogens is 2. The first kappa shape index (κ1) is 28.0. The summed E-state index contributed by atoms with van der Waals surface area (Å²) in [6.07, 6.45) is 3.37. The lowest BCUT2D eigenvalue weighted by molar-refractivity contribution is -0.153. The molecule has 14 heteroatoms. The maximum Gasteiger partial charge on any atom is 0.255 e. The molecular weight excluding hydrogens is 536 g/mol. The Morgan fingerprint density at radius 3 is 2.59 bits per heavy atom. The van der Waals surface area contributed by atoms with E-state index in [0.29, 0.717) is 17.9 Å². The summed E-state index contributed by atoms with van der Waals surface area (Å²) in [5.74, 6) is -7.18. The predicted octanol–water partition coefficient (Wildman–Crippen LogP) is -0.585. The number of benzene rings is 1. The molecule has 2 aromatic rings. The van der Waals surface area contributed by atoms with Crippen molar-refractivity contribution in [1.82, 2.24) is 20.2 Å². The van der Waals surface area contributed by atoms with Gasteiger partial charge in [0, 0.05) is 23.9 Å². The number of rotatable bonds is 7. The Labute approximate surface area is 233 Å². The van der Waals surface area contributed by atoms with E-state index < -0.39 is 69.7 Å². The Morgan fingerprint density at radius 1 is 1.22 bits per heavy atom. The molecule has 3 unspecified atom stereocenters. The normalized spacial score (nSPS) is 25.6. The Bertz CT molecular complexity index is 1530. The average molecular weight is 567 g/mol. The number of nitrogens with one attached hydrogen (secondary N) is 3. The summed E-state index contributed by atoms with van der Waals surface area (Å²) >= 11 is 0. The average Bonchev–Trinajstić information content (AvgIpc) is 3.41. The second-order valence-corrected chi connectivity index (χ2v) is 10.6. The van der Waals surface area contributed by atoms with Crippen molar-refractivity contribution in [3.05, 3.63) is 58.4 Å². The molecule has 41 heavy (non-hydrogen) atoms. The topological polar surface area (TPSA) is 231 Å². The number of phenolic OH excluding ortho intramolecular Hbond substituents is 1. The molecular formula is C27H30N6O8. The van der Waals surface area contributed by atoms with Crippen LogP contribution < -0.4 is 16.4 Å². The second kappa shape index (κ2) is 10.1. The van der Waals surface area contributed by atoms with Crippen molar-refractivity contribution >= 4 is 34.8 Å². The number of carbonyl (C=O) groups excluding carboxylic acids is 4. The van der Waals surface area contributed by atoms with Gasteiger partial charge in [-0.25, -0.2) is 4.98 Å². The highest BCUT2D eigenvalue weighted by Gasteiger charge is 2.64. The number of imidazole rings is 1. The molecule has 5 rings (SSSR count). The molecule has 9 N–H and O–H groups in total. The third-order valence-electron chi connectivity index (χ3n) is 8.00. The van der Waals surface area contributed by atoms with Crippen LogP contribution in [0.1, 0.15) is 23.4 Å². The summed E-state index contributed by atoms with van der Waals surface area (Å²) in [5, 5.41) is 50.3. The van der Waals surface area contributed by atoms with Crippen molar-refractivity contribution < 1.29 is 39.6 Å². The Hall–Kier alpha value is -4.53. The van der Waals surface area contributed by atoms with Crippen LogP contribution in [-0.2, 0) is 32.1 Å². The van der Waals surface area contributed by atoms with Gasteiger partial charge in [0.1, 0.15) is 28.7 Å². The minimum atomic E-state index is -2.72. The van der Waals surface area contributed by atoms with Crippen LogP contribution in [0.3, 0.4) is 0 Å². The molecule has 3 aliphatic rings. The number of amides is 2. The number of ketones is 2. The summed E-state index contributed by atoms with van der Waals surface area (Å²) in [7, 11) is 3.07. The SMILES string of the molecule is CN(C)[C@@H]1C(=O)C(C(N)=O)=C(O)C2(O)C(=O)C3=C(O)c4c(ccc(NC(=O)CNCc5ncc[nH]5)c4O)CC3CC12. The smallest absolute Gasteiger partial charge is 0.255 e. The number of anilines is 1. The molecule has 4 atom stereocenters. The van der Waals surface area contributed by atoms with Crippen molar-refractivity contribution in [1.29, 1.82) is 0 Å². The molecule has 0 bridgehead atoms. The molecule has 1 heterocycles.